The molecule has 1 aromatic heterocycles. The predicted octanol–water partition coefficient (Wildman–Crippen LogP) is 3.42. The minimum atomic E-state index is -0.707. The Morgan fingerprint density at radius 2 is 1.71 bits per heavy atom. The molecule has 0 saturated carbocycles. The summed E-state index contributed by atoms with van der Waals surface area (Å²) in [6.07, 6.45) is 2.19. The number of likely N-dealkylation sites (tertiary alicyclic amines) is 1. The number of rotatable bonds is 8. The number of aromatic nitrogens is 2. The van der Waals surface area contributed by atoms with Gasteiger partial charge in [-0.05, 0) is 82.3 Å². The van der Waals surface area contributed by atoms with Gasteiger partial charge < -0.3 is 9.47 Å². The second-order valence-corrected chi connectivity index (χ2v) is 12.3. The van der Waals surface area contributed by atoms with Crippen LogP contribution in [0.4, 0.5) is 0 Å². The molecule has 2 amide bonds. The van der Waals surface area contributed by atoms with Gasteiger partial charge in [-0.3, -0.25) is 33.7 Å². The van der Waals surface area contributed by atoms with Crippen molar-refractivity contribution in [2.45, 2.75) is 76.7 Å². The van der Waals surface area contributed by atoms with Gasteiger partial charge >= 0.3 is 11.7 Å². The van der Waals surface area contributed by atoms with E-state index in [1.807, 2.05) is 69.3 Å². The number of nitrogens with zero attached hydrogens (tertiary/aromatic N) is 3. The molecule has 0 radical (unpaired) electrons. The molecule has 0 bridgehead atoms. The van der Waals surface area contributed by atoms with Crippen LogP contribution in [0.15, 0.2) is 53.3 Å². The molecule has 0 aliphatic carbocycles. The van der Waals surface area contributed by atoms with E-state index in [0.29, 0.717) is 31.6 Å². The van der Waals surface area contributed by atoms with Crippen LogP contribution < -0.4 is 11.0 Å². The SMILES string of the molecule is Cn1c(=O)n([C@@H]2CCC(=O)NC2=O)c2ccc(C3CCN([C@H](COCc4ccccc4)C(=O)OC(C)(C)C)CC3)cc21. The number of carbonyl (C=O) groups is 3. The fraction of sp³-hybridized carbons (Fsp3) is 0.500. The minimum absolute atomic E-state index is 0.206. The minimum Gasteiger partial charge on any atom is -0.459 e. The standard InChI is InChI=1S/C32H40N4O6/c1-32(2,3)42-30(39)27(20-41-19-21-8-6-5-7-9-21)35-16-14-22(15-17-35)23-10-11-24-26(18-23)34(4)31(40)36(24)25-12-13-28(37)33-29(25)38/h5-11,18,22,25,27H,12-17,19-20H2,1-4H3,(H,33,37,38)/t25-,27-/m1/s1. The maximum Gasteiger partial charge on any atom is 0.329 e. The van der Waals surface area contributed by atoms with Crippen molar-refractivity contribution in [1.29, 1.82) is 0 Å². The molecule has 2 fully saturated rings. The highest BCUT2D eigenvalue weighted by atomic mass is 16.6. The molecule has 1 N–H and O–H groups in total. The predicted molar refractivity (Wildman–Crippen MR) is 158 cm³/mol. The third-order valence-electron chi connectivity index (χ3n) is 8.14. The van der Waals surface area contributed by atoms with Gasteiger partial charge in [0.05, 0.1) is 24.2 Å². The first-order valence-corrected chi connectivity index (χ1v) is 14.6. The van der Waals surface area contributed by atoms with Crippen molar-refractivity contribution in [2.75, 3.05) is 19.7 Å². The lowest BCUT2D eigenvalue weighted by atomic mass is 9.88. The molecule has 2 aromatic carbocycles. The summed E-state index contributed by atoms with van der Waals surface area (Å²) in [6, 6.07) is 14.7. The summed E-state index contributed by atoms with van der Waals surface area (Å²) < 4.78 is 14.8. The summed E-state index contributed by atoms with van der Waals surface area (Å²) >= 11 is 0. The molecule has 0 spiro atoms. The number of carbonyl (C=O) groups excluding carboxylic acids is 3. The Kier molecular flexibility index (Phi) is 8.65. The van der Waals surface area contributed by atoms with E-state index < -0.39 is 23.6 Å². The number of imidazole rings is 1. The van der Waals surface area contributed by atoms with Crippen LogP contribution in [0.25, 0.3) is 11.0 Å². The van der Waals surface area contributed by atoms with Crippen molar-refractivity contribution in [3.8, 4) is 0 Å². The fourth-order valence-electron chi connectivity index (χ4n) is 5.96. The Morgan fingerprint density at radius 1 is 1.00 bits per heavy atom. The van der Waals surface area contributed by atoms with Gasteiger partial charge in [0.2, 0.25) is 11.8 Å². The first-order chi connectivity index (χ1) is 20.0. The van der Waals surface area contributed by atoms with Crippen LogP contribution in [0.3, 0.4) is 0 Å². The number of ether oxygens (including phenoxy) is 2. The van der Waals surface area contributed by atoms with Gasteiger partial charge in [-0.2, -0.15) is 0 Å². The lowest BCUT2D eigenvalue weighted by Gasteiger charge is -2.37. The topological polar surface area (TPSA) is 112 Å². The third-order valence-corrected chi connectivity index (χ3v) is 8.14. The molecular formula is C32H40N4O6. The summed E-state index contributed by atoms with van der Waals surface area (Å²) in [4.78, 5) is 52.7. The molecule has 2 atom stereocenters. The lowest BCUT2D eigenvalue weighted by Crippen LogP contribution is -2.50. The number of aryl methyl sites for hydroxylation is 1. The highest BCUT2D eigenvalue weighted by Gasteiger charge is 2.35. The highest BCUT2D eigenvalue weighted by Crippen LogP contribution is 2.32. The van der Waals surface area contributed by atoms with Gasteiger partial charge in [0.1, 0.15) is 17.7 Å². The maximum atomic E-state index is 13.2. The molecule has 2 saturated heterocycles. The number of benzene rings is 2. The third kappa shape index (κ3) is 6.50. The van der Waals surface area contributed by atoms with Gasteiger partial charge in [0.25, 0.3) is 0 Å². The van der Waals surface area contributed by atoms with Crippen LogP contribution in [0, 0.1) is 0 Å². The van der Waals surface area contributed by atoms with Crippen molar-refractivity contribution in [2.24, 2.45) is 7.05 Å². The fourth-order valence-corrected chi connectivity index (χ4v) is 5.96. The van der Waals surface area contributed by atoms with Crippen molar-refractivity contribution in [3.05, 3.63) is 70.1 Å². The molecule has 224 valence electrons. The first-order valence-electron chi connectivity index (χ1n) is 14.6. The molecule has 42 heavy (non-hydrogen) atoms. The number of amides is 2. The molecule has 3 aromatic rings. The zero-order chi connectivity index (χ0) is 30.0. The van der Waals surface area contributed by atoms with E-state index in [1.54, 1.807) is 11.6 Å². The van der Waals surface area contributed by atoms with Gasteiger partial charge in [-0.25, -0.2) is 4.79 Å². The van der Waals surface area contributed by atoms with Gasteiger partial charge in [-0.15, -0.1) is 0 Å². The number of piperidine rings is 2. The summed E-state index contributed by atoms with van der Waals surface area (Å²) in [6.45, 7) is 7.70. The Morgan fingerprint density at radius 3 is 2.38 bits per heavy atom. The Bertz CT molecular complexity index is 1510. The Labute approximate surface area is 245 Å². The second-order valence-electron chi connectivity index (χ2n) is 12.3. The van der Waals surface area contributed by atoms with Crippen molar-refractivity contribution in [1.82, 2.24) is 19.4 Å². The van der Waals surface area contributed by atoms with E-state index in [0.717, 1.165) is 29.5 Å². The van der Waals surface area contributed by atoms with E-state index in [1.165, 1.54) is 4.57 Å². The molecule has 0 unspecified atom stereocenters. The van der Waals surface area contributed by atoms with Crippen LogP contribution in [-0.2, 0) is 37.5 Å². The Balaban J connectivity index is 1.29. The van der Waals surface area contributed by atoms with Crippen LogP contribution in [-0.4, -0.2) is 63.2 Å². The number of nitrogens with one attached hydrogen (secondary N) is 1. The average molecular weight is 577 g/mol. The summed E-state index contributed by atoms with van der Waals surface area (Å²) in [5.41, 5.74) is 2.73. The number of esters is 1. The largest absolute Gasteiger partial charge is 0.459 e. The van der Waals surface area contributed by atoms with Crippen LogP contribution in [0.1, 0.15) is 69.5 Å². The molecule has 3 heterocycles. The quantitative estimate of drug-likeness (QED) is 0.323. The maximum absolute atomic E-state index is 13.2. The van der Waals surface area contributed by atoms with E-state index in [2.05, 4.69) is 10.2 Å². The van der Waals surface area contributed by atoms with E-state index >= 15 is 0 Å². The van der Waals surface area contributed by atoms with Gasteiger partial charge in [0.15, 0.2) is 0 Å². The monoisotopic (exact) mass is 576 g/mol. The van der Waals surface area contributed by atoms with E-state index in [4.69, 9.17) is 9.47 Å². The number of imide groups is 1. The lowest BCUT2D eigenvalue weighted by molar-refractivity contribution is -0.164. The Hall–Kier alpha value is -3.76. The zero-order valence-electron chi connectivity index (χ0n) is 24.8. The van der Waals surface area contributed by atoms with E-state index in [-0.39, 0.29) is 36.5 Å². The normalized spacial score (nSPS) is 19.6. The number of fused-ring (bicyclic) bond motifs is 1. The number of hydrogen-bond acceptors (Lipinski definition) is 7. The summed E-state index contributed by atoms with van der Waals surface area (Å²) in [5.74, 6) is -0.774. The summed E-state index contributed by atoms with van der Waals surface area (Å²) in [7, 11) is 1.71. The smallest absolute Gasteiger partial charge is 0.329 e. The highest BCUT2D eigenvalue weighted by molar-refractivity contribution is 6.00. The molecular weight excluding hydrogens is 536 g/mol. The van der Waals surface area contributed by atoms with Crippen molar-refractivity contribution in [3.63, 3.8) is 0 Å². The first kappa shape index (κ1) is 29.7. The van der Waals surface area contributed by atoms with Crippen LogP contribution in [0.2, 0.25) is 0 Å². The molecule has 10 heteroatoms. The molecule has 2 aliphatic heterocycles. The van der Waals surface area contributed by atoms with Crippen LogP contribution in [0.5, 0.6) is 0 Å². The van der Waals surface area contributed by atoms with Crippen LogP contribution >= 0.6 is 0 Å². The zero-order valence-corrected chi connectivity index (χ0v) is 24.8. The number of hydrogen-bond donors (Lipinski definition) is 1. The molecule has 10 nitrogen and oxygen atoms in total. The van der Waals surface area contributed by atoms with Crippen molar-refractivity contribution < 1.29 is 23.9 Å². The second kappa shape index (κ2) is 12.2. The summed E-state index contributed by atoms with van der Waals surface area (Å²) in [5, 5.41) is 2.35. The van der Waals surface area contributed by atoms with Crippen molar-refractivity contribution >= 4 is 28.8 Å². The molecule has 2 aliphatic rings. The van der Waals surface area contributed by atoms with E-state index in [9.17, 15) is 19.2 Å². The van der Waals surface area contributed by atoms with Gasteiger partial charge in [-0.1, -0.05) is 36.4 Å². The molecule has 5 rings (SSSR count). The van der Waals surface area contributed by atoms with Gasteiger partial charge in [0, 0.05) is 13.5 Å². The average Bonchev–Trinajstić information content (AvgIpc) is 3.20.